The molecule has 1 aliphatic heterocycles. The fourth-order valence-electron chi connectivity index (χ4n) is 4.99. The molecule has 1 saturated heterocycles. The number of hydrogen-bond donors (Lipinski definition) is 1. The maximum atomic E-state index is 13.1. The molecule has 0 unspecified atom stereocenters. The van der Waals surface area contributed by atoms with Gasteiger partial charge in [0.05, 0.1) is 11.6 Å². The summed E-state index contributed by atoms with van der Waals surface area (Å²) >= 11 is 0. The molecular weight excluding hydrogens is 402 g/mol. The molecule has 166 valence electrons. The van der Waals surface area contributed by atoms with E-state index in [-0.39, 0.29) is 17.7 Å². The van der Waals surface area contributed by atoms with Gasteiger partial charge in [0.15, 0.2) is 0 Å². The van der Waals surface area contributed by atoms with Crippen LogP contribution in [0.2, 0.25) is 0 Å². The molecule has 1 N–H and O–H groups in total. The van der Waals surface area contributed by atoms with Crippen LogP contribution in [0.5, 0.6) is 0 Å². The van der Waals surface area contributed by atoms with Crippen LogP contribution in [0.4, 0.5) is 5.69 Å². The third-order valence-electron chi connectivity index (χ3n) is 6.83. The van der Waals surface area contributed by atoms with E-state index in [2.05, 4.69) is 15.6 Å². The van der Waals surface area contributed by atoms with Crippen molar-refractivity contribution in [1.82, 2.24) is 19.9 Å². The Bertz CT molecular complexity index is 1140. The van der Waals surface area contributed by atoms with Gasteiger partial charge in [0, 0.05) is 30.3 Å². The number of carbonyl (C=O) groups excluding carboxylic acids is 2. The van der Waals surface area contributed by atoms with Gasteiger partial charge in [-0.3, -0.25) is 9.59 Å². The summed E-state index contributed by atoms with van der Waals surface area (Å²) in [6.07, 6.45) is 6.10. The van der Waals surface area contributed by atoms with Crippen LogP contribution in [-0.4, -0.2) is 44.8 Å². The number of amides is 2. The minimum absolute atomic E-state index is 0.000131. The molecule has 0 radical (unpaired) electrons. The monoisotopic (exact) mass is 431 g/mol. The summed E-state index contributed by atoms with van der Waals surface area (Å²) < 4.78 is 2.02. The maximum Gasteiger partial charge on any atom is 0.253 e. The van der Waals surface area contributed by atoms with Crippen LogP contribution in [0.25, 0.3) is 11.0 Å². The first-order valence-electron chi connectivity index (χ1n) is 11.6. The Morgan fingerprint density at radius 2 is 1.78 bits per heavy atom. The van der Waals surface area contributed by atoms with Crippen molar-refractivity contribution in [3.05, 3.63) is 53.6 Å². The number of fused-ring (bicyclic) bond motifs is 1. The molecule has 2 fully saturated rings. The van der Waals surface area contributed by atoms with Crippen molar-refractivity contribution in [3.8, 4) is 0 Å². The summed E-state index contributed by atoms with van der Waals surface area (Å²) in [6, 6.07) is 14.0. The molecular formula is C25H29N5O2. The van der Waals surface area contributed by atoms with Crippen molar-refractivity contribution in [2.24, 2.45) is 5.92 Å². The molecule has 7 nitrogen and oxygen atoms in total. The molecule has 7 heteroatoms. The molecule has 1 aliphatic carbocycles. The van der Waals surface area contributed by atoms with Crippen molar-refractivity contribution in [3.63, 3.8) is 0 Å². The van der Waals surface area contributed by atoms with E-state index in [1.807, 2.05) is 59.0 Å². The lowest BCUT2D eigenvalue weighted by Crippen LogP contribution is -2.41. The number of benzene rings is 2. The van der Waals surface area contributed by atoms with E-state index < -0.39 is 0 Å². The highest BCUT2D eigenvalue weighted by molar-refractivity contribution is 5.98. The Morgan fingerprint density at radius 3 is 2.53 bits per heavy atom. The van der Waals surface area contributed by atoms with Gasteiger partial charge in [-0.2, -0.15) is 0 Å². The van der Waals surface area contributed by atoms with Crippen molar-refractivity contribution < 1.29 is 9.59 Å². The summed E-state index contributed by atoms with van der Waals surface area (Å²) in [5.74, 6) is -0.0409. The van der Waals surface area contributed by atoms with Crippen molar-refractivity contribution >= 4 is 28.5 Å². The Kier molecular flexibility index (Phi) is 5.64. The predicted molar refractivity (Wildman–Crippen MR) is 123 cm³/mol. The molecule has 1 aromatic heterocycles. The highest BCUT2D eigenvalue weighted by Crippen LogP contribution is 2.31. The first kappa shape index (κ1) is 20.7. The third kappa shape index (κ3) is 4.11. The predicted octanol–water partition coefficient (Wildman–Crippen LogP) is 4.35. The number of piperidine rings is 1. The van der Waals surface area contributed by atoms with Gasteiger partial charge in [0.1, 0.15) is 5.52 Å². The molecule has 0 spiro atoms. The van der Waals surface area contributed by atoms with E-state index in [1.165, 1.54) is 12.8 Å². The summed E-state index contributed by atoms with van der Waals surface area (Å²) in [4.78, 5) is 27.6. The zero-order valence-electron chi connectivity index (χ0n) is 18.5. The second-order valence-electron chi connectivity index (χ2n) is 9.10. The number of rotatable bonds is 4. The van der Waals surface area contributed by atoms with E-state index in [4.69, 9.17) is 0 Å². The van der Waals surface area contributed by atoms with Crippen LogP contribution in [0.15, 0.2) is 42.5 Å². The Hall–Kier alpha value is -3.22. The molecule has 2 heterocycles. The topological polar surface area (TPSA) is 80.1 Å². The second kappa shape index (κ2) is 8.73. The normalized spacial score (nSPS) is 17.7. The highest BCUT2D eigenvalue weighted by Gasteiger charge is 2.28. The largest absolute Gasteiger partial charge is 0.339 e. The number of aryl methyl sites for hydroxylation is 1. The van der Waals surface area contributed by atoms with Gasteiger partial charge in [-0.1, -0.05) is 30.2 Å². The number of aromatic nitrogens is 3. The summed E-state index contributed by atoms with van der Waals surface area (Å²) in [6.45, 7) is 3.17. The number of nitrogens with one attached hydrogen (secondary N) is 1. The average molecular weight is 432 g/mol. The minimum Gasteiger partial charge on any atom is -0.339 e. The summed E-state index contributed by atoms with van der Waals surface area (Å²) in [5.41, 5.74) is 4.35. The van der Waals surface area contributed by atoms with Gasteiger partial charge < -0.3 is 10.2 Å². The zero-order chi connectivity index (χ0) is 22.1. The third-order valence-corrected chi connectivity index (χ3v) is 6.83. The van der Waals surface area contributed by atoms with E-state index >= 15 is 0 Å². The van der Waals surface area contributed by atoms with Crippen molar-refractivity contribution in [2.45, 2.75) is 51.5 Å². The Balaban J connectivity index is 1.21. The lowest BCUT2D eigenvalue weighted by molar-refractivity contribution is -0.121. The van der Waals surface area contributed by atoms with Crippen LogP contribution in [-0.2, 0) is 4.79 Å². The number of nitrogens with zero attached hydrogens (tertiary/aromatic N) is 4. The molecule has 0 atom stereocenters. The van der Waals surface area contributed by atoms with Gasteiger partial charge in [-0.25, -0.2) is 4.68 Å². The van der Waals surface area contributed by atoms with E-state index in [9.17, 15) is 9.59 Å². The minimum atomic E-state index is -0.0756. The Labute approximate surface area is 187 Å². The molecule has 5 rings (SSSR count). The smallest absolute Gasteiger partial charge is 0.253 e. The maximum absolute atomic E-state index is 13.1. The molecule has 3 aromatic rings. The van der Waals surface area contributed by atoms with E-state index in [1.54, 1.807) is 0 Å². The quantitative estimate of drug-likeness (QED) is 0.666. The highest BCUT2D eigenvalue weighted by atomic mass is 16.2. The van der Waals surface area contributed by atoms with Gasteiger partial charge in [-0.15, -0.1) is 5.10 Å². The second-order valence-corrected chi connectivity index (χ2v) is 9.10. The number of carbonyl (C=O) groups is 2. The summed E-state index contributed by atoms with van der Waals surface area (Å²) in [7, 11) is 0. The van der Waals surface area contributed by atoms with E-state index in [0.717, 1.165) is 35.1 Å². The average Bonchev–Trinajstić information content (AvgIpc) is 3.48. The number of likely N-dealkylation sites (tertiary alicyclic amines) is 1. The first-order chi connectivity index (χ1) is 15.6. The molecule has 1 saturated carbocycles. The van der Waals surface area contributed by atoms with Gasteiger partial charge in [0.25, 0.3) is 5.91 Å². The van der Waals surface area contributed by atoms with Crippen molar-refractivity contribution in [1.29, 1.82) is 0 Å². The molecule has 2 aliphatic rings. The van der Waals surface area contributed by atoms with Crippen LogP contribution in [0.1, 0.15) is 60.5 Å². The first-order valence-corrected chi connectivity index (χ1v) is 11.6. The van der Waals surface area contributed by atoms with Crippen LogP contribution in [0, 0.1) is 12.8 Å². The van der Waals surface area contributed by atoms with Gasteiger partial charge in [0.2, 0.25) is 5.91 Å². The SMILES string of the molecule is Cc1cccc(NC(=O)C2CCN(C(=O)c3ccc4c(c3)nnn4C3CCCC3)CC2)c1. The number of anilines is 1. The van der Waals surface area contributed by atoms with Crippen molar-refractivity contribution in [2.75, 3.05) is 18.4 Å². The Morgan fingerprint density at radius 1 is 1.00 bits per heavy atom. The lowest BCUT2D eigenvalue weighted by Gasteiger charge is -2.31. The molecule has 32 heavy (non-hydrogen) atoms. The summed E-state index contributed by atoms with van der Waals surface area (Å²) in [5, 5.41) is 11.7. The lowest BCUT2D eigenvalue weighted by atomic mass is 9.95. The number of hydrogen-bond acceptors (Lipinski definition) is 4. The molecule has 0 bridgehead atoms. The molecule has 2 amide bonds. The van der Waals surface area contributed by atoms with Crippen LogP contribution >= 0.6 is 0 Å². The fraction of sp³-hybridized carbons (Fsp3) is 0.440. The van der Waals surface area contributed by atoms with Crippen LogP contribution < -0.4 is 5.32 Å². The van der Waals surface area contributed by atoms with Crippen LogP contribution in [0.3, 0.4) is 0 Å². The fourth-order valence-corrected chi connectivity index (χ4v) is 4.99. The van der Waals surface area contributed by atoms with E-state index in [0.29, 0.717) is 37.5 Å². The zero-order valence-corrected chi connectivity index (χ0v) is 18.5. The molecule has 2 aromatic carbocycles. The standard InChI is InChI=1S/C25H29N5O2/c1-17-5-4-6-20(15-17)26-24(31)18-11-13-29(14-12-18)25(32)19-9-10-23-22(16-19)27-28-30(23)21-7-2-3-8-21/h4-6,9-10,15-16,18,21H,2-3,7-8,11-14H2,1H3,(H,26,31). The van der Waals surface area contributed by atoms with Gasteiger partial charge in [-0.05, 0) is 68.5 Å². The van der Waals surface area contributed by atoms with Gasteiger partial charge >= 0.3 is 0 Å².